The van der Waals surface area contributed by atoms with Gasteiger partial charge >= 0.3 is 0 Å². The van der Waals surface area contributed by atoms with Crippen molar-refractivity contribution < 1.29 is 9.13 Å². The third-order valence-corrected chi connectivity index (χ3v) is 3.51. The Labute approximate surface area is 108 Å². The van der Waals surface area contributed by atoms with Gasteiger partial charge in [-0.25, -0.2) is 4.39 Å². The fourth-order valence-corrected chi connectivity index (χ4v) is 2.38. The quantitative estimate of drug-likeness (QED) is 0.894. The van der Waals surface area contributed by atoms with Crippen LogP contribution < -0.4 is 15.0 Å². The smallest absolute Gasteiger partial charge is 0.128 e. The summed E-state index contributed by atoms with van der Waals surface area (Å²) in [7, 11) is 1.57. The predicted octanol–water partition coefficient (Wildman–Crippen LogP) is 2.41. The number of methoxy groups -OCH3 is 1. The molecule has 2 rings (SSSR count). The van der Waals surface area contributed by atoms with Crippen LogP contribution in [0.5, 0.6) is 5.75 Å². The van der Waals surface area contributed by atoms with E-state index in [-0.39, 0.29) is 5.82 Å². The van der Waals surface area contributed by atoms with Crippen molar-refractivity contribution >= 4 is 5.69 Å². The maximum Gasteiger partial charge on any atom is 0.128 e. The Balaban J connectivity index is 2.13. The van der Waals surface area contributed by atoms with Crippen molar-refractivity contribution in [3.8, 4) is 5.75 Å². The molecule has 0 aliphatic carbocycles. The first-order valence-corrected chi connectivity index (χ1v) is 6.56. The molecule has 1 aliphatic heterocycles. The zero-order valence-corrected chi connectivity index (χ0v) is 11.1. The van der Waals surface area contributed by atoms with Crippen LogP contribution >= 0.6 is 0 Å². The zero-order chi connectivity index (χ0) is 13.0. The summed E-state index contributed by atoms with van der Waals surface area (Å²) in [5.74, 6) is 0.336. The number of halogens is 1. The van der Waals surface area contributed by atoms with Gasteiger partial charge in [-0.1, -0.05) is 6.92 Å². The van der Waals surface area contributed by atoms with E-state index in [2.05, 4.69) is 17.1 Å². The third-order valence-electron chi connectivity index (χ3n) is 3.51. The maximum absolute atomic E-state index is 13.5. The molecule has 0 spiro atoms. The molecule has 0 radical (unpaired) electrons. The van der Waals surface area contributed by atoms with Crippen LogP contribution in [0.25, 0.3) is 0 Å². The number of hydrogen-bond donors (Lipinski definition) is 1. The summed E-state index contributed by atoms with van der Waals surface area (Å²) in [5.41, 5.74) is 0.908. The number of nitrogens with one attached hydrogen (secondary N) is 1. The van der Waals surface area contributed by atoms with Gasteiger partial charge in [-0.05, 0) is 18.9 Å². The Morgan fingerprint density at radius 3 is 2.94 bits per heavy atom. The minimum absolute atomic E-state index is 0.242. The van der Waals surface area contributed by atoms with Crippen molar-refractivity contribution in [1.29, 1.82) is 0 Å². The lowest BCUT2D eigenvalue weighted by Gasteiger charge is -2.23. The van der Waals surface area contributed by atoms with E-state index in [4.69, 9.17) is 4.74 Å². The second-order valence-electron chi connectivity index (χ2n) is 4.68. The maximum atomic E-state index is 13.5. The highest BCUT2D eigenvalue weighted by atomic mass is 19.1. The third kappa shape index (κ3) is 3.13. The molecule has 4 heteroatoms. The largest absolute Gasteiger partial charge is 0.497 e. The zero-order valence-electron chi connectivity index (χ0n) is 11.1. The molecule has 1 saturated heterocycles. The molecule has 0 amide bonds. The van der Waals surface area contributed by atoms with Gasteiger partial charge in [0.1, 0.15) is 11.6 Å². The number of ether oxygens (including phenoxy) is 1. The van der Waals surface area contributed by atoms with Crippen LogP contribution in [0.4, 0.5) is 10.1 Å². The second-order valence-corrected chi connectivity index (χ2v) is 4.68. The Kier molecular flexibility index (Phi) is 4.42. The van der Waals surface area contributed by atoms with E-state index in [0.29, 0.717) is 11.8 Å². The molecule has 0 saturated carbocycles. The number of nitrogens with zero attached hydrogens (tertiary/aromatic N) is 1. The van der Waals surface area contributed by atoms with Crippen molar-refractivity contribution in [2.75, 3.05) is 31.6 Å². The SMILES string of the molecule is CCC1CCN(c2cc(F)cc(OC)c2)CCN1. The predicted molar refractivity (Wildman–Crippen MR) is 71.9 cm³/mol. The van der Waals surface area contributed by atoms with E-state index < -0.39 is 0 Å². The first-order chi connectivity index (χ1) is 8.72. The monoisotopic (exact) mass is 252 g/mol. The Morgan fingerprint density at radius 1 is 1.39 bits per heavy atom. The first kappa shape index (κ1) is 13.1. The lowest BCUT2D eigenvalue weighted by atomic mass is 10.1. The van der Waals surface area contributed by atoms with Gasteiger partial charge in [0, 0.05) is 43.5 Å². The van der Waals surface area contributed by atoms with E-state index in [1.807, 2.05) is 6.07 Å². The molecule has 1 fully saturated rings. The Bertz CT molecular complexity index is 397. The molecule has 1 aromatic rings. The van der Waals surface area contributed by atoms with Crippen molar-refractivity contribution in [3.05, 3.63) is 24.0 Å². The first-order valence-electron chi connectivity index (χ1n) is 6.56. The fraction of sp³-hybridized carbons (Fsp3) is 0.571. The van der Waals surface area contributed by atoms with E-state index >= 15 is 0 Å². The fourth-order valence-electron chi connectivity index (χ4n) is 2.38. The van der Waals surface area contributed by atoms with Gasteiger partial charge in [-0.2, -0.15) is 0 Å². The molecule has 1 heterocycles. The summed E-state index contributed by atoms with van der Waals surface area (Å²) in [5, 5.41) is 3.51. The van der Waals surface area contributed by atoms with Crippen molar-refractivity contribution in [2.24, 2.45) is 0 Å². The minimum Gasteiger partial charge on any atom is -0.497 e. The molecular formula is C14H21FN2O. The Hall–Kier alpha value is -1.29. The second kappa shape index (κ2) is 6.05. The van der Waals surface area contributed by atoms with Crippen LogP contribution in [0.2, 0.25) is 0 Å². The number of rotatable bonds is 3. The summed E-state index contributed by atoms with van der Waals surface area (Å²) in [6.07, 6.45) is 2.23. The molecular weight excluding hydrogens is 231 g/mol. The number of benzene rings is 1. The molecule has 1 N–H and O–H groups in total. The van der Waals surface area contributed by atoms with E-state index in [1.54, 1.807) is 13.2 Å². The lowest BCUT2D eigenvalue weighted by molar-refractivity contribution is 0.411. The average molecular weight is 252 g/mol. The normalized spacial score (nSPS) is 20.6. The van der Waals surface area contributed by atoms with Crippen LogP contribution in [-0.4, -0.2) is 32.8 Å². The standard InChI is InChI=1S/C14H21FN2O/c1-3-12-4-6-17(7-5-16-12)13-8-11(15)9-14(10-13)18-2/h8-10,12,16H,3-7H2,1-2H3. The molecule has 1 atom stereocenters. The number of anilines is 1. The average Bonchev–Trinajstić information content (AvgIpc) is 2.63. The highest BCUT2D eigenvalue weighted by Crippen LogP contribution is 2.24. The molecule has 0 aromatic heterocycles. The van der Waals surface area contributed by atoms with Gasteiger partial charge in [0.2, 0.25) is 0 Å². The van der Waals surface area contributed by atoms with Gasteiger partial charge in [-0.3, -0.25) is 0 Å². The van der Waals surface area contributed by atoms with Gasteiger partial charge in [0.05, 0.1) is 7.11 Å². The van der Waals surface area contributed by atoms with E-state index in [0.717, 1.165) is 38.2 Å². The van der Waals surface area contributed by atoms with Gasteiger partial charge in [0.15, 0.2) is 0 Å². The van der Waals surface area contributed by atoms with E-state index in [9.17, 15) is 4.39 Å². The summed E-state index contributed by atoms with van der Waals surface area (Å²) in [6, 6.07) is 5.46. The molecule has 1 aromatic carbocycles. The van der Waals surface area contributed by atoms with Crippen LogP contribution in [-0.2, 0) is 0 Å². The Morgan fingerprint density at radius 2 is 2.22 bits per heavy atom. The number of hydrogen-bond acceptors (Lipinski definition) is 3. The molecule has 100 valence electrons. The van der Waals surface area contributed by atoms with Crippen molar-refractivity contribution in [2.45, 2.75) is 25.8 Å². The topological polar surface area (TPSA) is 24.5 Å². The van der Waals surface area contributed by atoms with Crippen LogP contribution in [0, 0.1) is 5.82 Å². The highest BCUT2D eigenvalue weighted by Gasteiger charge is 2.16. The van der Waals surface area contributed by atoms with Crippen LogP contribution in [0.15, 0.2) is 18.2 Å². The summed E-state index contributed by atoms with van der Waals surface area (Å²) in [4.78, 5) is 2.22. The van der Waals surface area contributed by atoms with Gasteiger partial charge in [0.25, 0.3) is 0 Å². The molecule has 0 bridgehead atoms. The molecule has 1 aliphatic rings. The van der Waals surface area contributed by atoms with Crippen molar-refractivity contribution in [1.82, 2.24) is 5.32 Å². The van der Waals surface area contributed by atoms with Crippen molar-refractivity contribution in [3.63, 3.8) is 0 Å². The van der Waals surface area contributed by atoms with Gasteiger partial charge in [-0.15, -0.1) is 0 Å². The lowest BCUT2D eigenvalue weighted by Crippen LogP contribution is -2.30. The van der Waals surface area contributed by atoms with Crippen LogP contribution in [0.1, 0.15) is 19.8 Å². The molecule has 3 nitrogen and oxygen atoms in total. The molecule has 1 unspecified atom stereocenters. The molecule has 18 heavy (non-hydrogen) atoms. The van der Waals surface area contributed by atoms with Gasteiger partial charge < -0.3 is 15.0 Å². The summed E-state index contributed by atoms with van der Waals surface area (Å²) < 4.78 is 18.6. The van der Waals surface area contributed by atoms with Crippen LogP contribution in [0.3, 0.4) is 0 Å². The summed E-state index contributed by atoms with van der Waals surface area (Å²) >= 11 is 0. The minimum atomic E-state index is -0.242. The summed E-state index contributed by atoms with van der Waals surface area (Å²) in [6.45, 7) is 5.00. The highest BCUT2D eigenvalue weighted by molar-refractivity contribution is 5.51. The van der Waals surface area contributed by atoms with E-state index in [1.165, 1.54) is 6.07 Å².